The second-order valence-electron chi connectivity index (χ2n) is 2.52. The monoisotopic (exact) mass is 143 g/mol. The van der Waals surface area contributed by atoms with E-state index in [0.717, 1.165) is 6.42 Å². The lowest BCUT2D eigenvalue weighted by Gasteiger charge is -2.15. The standard InChI is InChI=1S/C8H15O2/c1-5-7(6(2)3)8(9)10-4/h6-7H,2,5H2,1,3-4H3. The maximum Gasteiger partial charge on any atom is 0.308 e. The van der Waals surface area contributed by atoms with E-state index in [1.165, 1.54) is 7.11 Å². The average Bonchev–Trinajstić information content (AvgIpc) is 1.88. The van der Waals surface area contributed by atoms with Gasteiger partial charge in [0.1, 0.15) is 0 Å². The summed E-state index contributed by atoms with van der Waals surface area (Å²) in [5, 5.41) is 0. The quantitative estimate of drug-likeness (QED) is 0.561. The van der Waals surface area contributed by atoms with E-state index in [2.05, 4.69) is 11.7 Å². The van der Waals surface area contributed by atoms with E-state index in [0.29, 0.717) is 0 Å². The van der Waals surface area contributed by atoms with Gasteiger partial charge in [-0.25, -0.2) is 0 Å². The fraction of sp³-hybridized carbons (Fsp3) is 0.750. The first kappa shape index (κ1) is 9.47. The van der Waals surface area contributed by atoms with Crippen LogP contribution in [0.2, 0.25) is 0 Å². The maximum atomic E-state index is 10.9. The lowest BCUT2D eigenvalue weighted by molar-refractivity contribution is -0.146. The van der Waals surface area contributed by atoms with Crippen LogP contribution in [0.5, 0.6) is 0 Å². The topological polar surface area (TPSA) is 26.3 Å². The van der Waals surface area contributed by atoms with Gasteiger partial charge in [0.05, 0.1) is 13.0 Å². The predicted octanol–water partition coefficient (Wildman–Crippen LogP) is 1.66. The van der Waals surface area contributed by atoms with Gasteiger partial charge in [0.15, 0.2) is 0 Å². The summed E-state index contributed by atoms with van der Waals surface area (Å²) < 4.78 is 4.59. The van der Waals surface area contributed by atoms with Crippen molar-refractivity contribution in [3.8, 4) is 0 Å². The third-order valence-electron chi connectivity index (χ3n) is 1.63. The zero-order chi connectivity index (χ0) is 8.15. The molecule has 2 unspecified atom stereocenters. The Labute approximate surface area is 62.6 Å². The Hall–Kier alpha value is -0.530. The van der Waals surface area contributed by atoms with Crippen LogP contribution in [-0.4, -0.2) is 13.1 Å². The van der Waals surface area contributed by atoms with Crippen molar-refractivity contribution in [2.45, 2.75) is 20.3 Å². The van der Waals surface area contributed by atoms with Gasteiger partial charge >= 0.3 is 5.97 Å². The van der Waals surface area contributed by atoms with Crippen molar-refractivity contribution in [1.82, 2.24) is 0 Å². The first-order valence-corrected chi connectivity index (χ1v) is 3.54. The molecule has 0 N–H and O–H groups in total. The van der Waals surface area contributed by atoms with Crippen molar-refractivity contribution in [2.24, 2.45) is 11.8 Å². The molecule has 2 heteroatoms. The van der Waals surface area contributed by atoms with E-state index in [1.807, 2.05) is 13.8 Å². The van der Waals surface area contributed by atoms with Gasteiger partial charge in [-0.2, -0.15) is 0 Å². The largest absolute Gasteiger partial charge is 0.469 e. The van der Waals surface area contributed by atoms with Crippen LogP contribution < -0.4 is 0 Å². The van der Waals surface area contributed by atoms with Crippen molar-refractivity contribution in [3.05, 3.63) is 6.92 Å². The van der Waals surface area contributed by atoms with Crippen LogP contribution in [-0.2, 0) is 9.53 Å². The Morgan fingerprint density at radius 3 is 2.30 bits per heavy atom. The van der Waals surface area contributed by atoms with Gasteiger partial charge in [0.2, 0.25) is 0 Å². The first-order valence-electron chi connectivity index (χ1n) is 3.54. The normalized spacial score (nSPS) is 13.3. The van der Waals surface area contributed by atoms with E-state index in [-0.39, 0.29) is 17.8 Å². The molecule has 0 aromatic heterocycles. The van der Waals surface area contributed by atoms with Crippen LogP contribution in [0.3, 0.4) is 0 Å². The first-order chi connectivity index (χ1) is 4.63. The van der Waals surface area contributed by atoms with Crippen molar-refractivity contribution in [3.63, 3.8) is 0 Å². The Kier molecular flexibility index (Phi) is 4.08. The highest BCUT2D eigenvalue weighted by Gasteiger charge is 2.19. The molecule has 10 heavy (non-hydrogen) atoms. The van der Waals surface area contributed by atoms with Gasteiger partial charge in [0.25, 0.3) is 0 Å². The number of carbonyl (C=O) groups is 1. The fourth-order valence-electron chi connectivity index (χ4n) is 0.953. The van der Waals surface area contributed by atoms with E-state index in [4.69, 9.17) is 0 Å². The summed E-state index contributed by atoms with van der Waals surface area (Å²) in [4.78, 5) is 10.9. The van der Waals surface area contributed by atoms with Gasteiger partial charge in [-0.15, -0.1) is 0 Å². The summed E-state index contributed by atoms with van der Waals surface area (Å²) in [6.07, 6.45) is 0.803. The molecule has 0 heterocycles. The SMILES string of the molecule is [CH2]C(C)C(CC)C(=O)OC. The molecule has 0 aliphatic carbocycles. The number of carbonyl (C=O) groups excluding carboxylic acids is 1. The molecule has 0 amide bonds. The average molecular weight is 143 g/mol. The molecule has 0 saturated carbocycles. The van der Waals surface area contributed by atoms with Crippen LogP contribution in [0.4, 0.5) is 0 Å². The molecule has 1 radical (unpaired) electrons. The molecule has 0 fully saturated rings. The summed E-state index contributed by atoms with van der Waals surface area (Å²) in [7, 11) is 1.41. The Morgan fingerprint density at radius 2 is 2.20 bits per heavy atom. The molecule has 0 bridgehead atoms. The summed E-state index contributed by atoms with van der Waals surface area (Å²) in [6.45, 7) is 7.66. The molecule has 2 nitrogen and oxygen atoms in total. The lowest BCUT2D eigenvalue weighted by atomic mass is 9.94. The lowest BCUT2D eigenvalue weighted by Crippen LogP contribution is -2.20. The summed E-state index contributed by atoms with van der Waals surface area (Å²) in [6, 6.07) is 0. The number of ether oxygens (including phenoxy) is 1. The van der Waals surface area contributed by atoms with Crippen LogP contribution in [0, 0.1) is 18.8 Å². The van der Waals surface area contributed by atoms with Gasteiger partial charge in [-0.3, -0.25) is 4.79 Å². The van der Waals surface area contributed by atoms with E-state index >= 15 is 0 Å². The summed E-state index contributed by atoms with van der Waals surface area (Å²) in [5.74, 6) is -0.0487. The Balaban J connectivity index is 3.93. The van der Waals surface area contributed by atoms with Crippen LogP contribution >= 0.6 is 0 Å². The highest BCUT2D eigenvalue weighted by Crippen LogP contribution is 2.15. The molecular formula is C8H15O2. The van der Waals surface area contributed by atoms with E-state index in [1.54, 1.807) is 0 Å². The molecule has 59 valence electrons. The molecular weight excluding hydrogens is 128 g/mol. The minimum atomic E-state index is -0.148. The second-order valence-corrected chi connectivity index (χ2v) is 2.52. The molecule has 0 aliphatic rings. The minimum absolute atomic E-state index is 0.0370. The van der Waals surface area contributed by atoms with Crippen molar-refractivity contribution in [2.75, 3.05) is 7.11 Å². The number of methoxy groups -OCH3 is 1. The molecule has 0 saturated heterocycles. The van der Waals surface area contributed by atoms with Crippen molar-refractivity contribution < 1.29 is 9.53 Å². The van der Waals surface area contributed by atoms with Gasteiger partial charge in [-0.05, 0) is 19.3 Å². The number of rotatable bonds is 3. The third-order valence-corrected chi connectivity index (χ3v) is 1.63. The highest BCUT2D eigenvalue weighted by molar-refractivity contribution is 5.72. The number of hydrogen-bond acceptors (Lipinski definition) is 2. The highest BCUT2D eigenvalue weighted by atomic mass is 16.5. The van der Waals surface area contributed by atoms with Crippen LogP contribution in [0.15, 0.2) is 0 Å². The molecule has 0 rings (SSSR count). The zero-order valence-electron chi connectivity index (χ0n) is 6.89. The second kappa shape index (κ2) is 4.31. The van der Waals surface area contributed by atoms with Crippen molar-refractivity contribution in [1.29, 1.82) is 0 Å². The third kappa shape index (κ3) is 2.38. The number of hydrogen-bond donors (Lipinski definition) is 0. The van der Waals surface area contributed by atoms with Crippen LogP contribution in [0.1, 0.15) is 20.3 Å². The van der Waals surface area contributed by atoms with E-state index in [9.17, 15) is 4.79 Å². The Morgan fingerprint density at radius 1 is 1.70 bits per heavy atom. The molecule has 0 aromatic rings. The molecule has 0 aliphatic heterocycles. The smallest absolute Gasteiger partial charge is 0.308 e. The van der Waals surface area contributed by atoms with Gasteiger partial charge < -0.3 is 4.74 Å². The van der Waals surface area contributed by atoms with Gasteiger partial charge in [0, 0.05) is 0 Å². The minimum Gasteiger partial charge on any atom is -0.469 e. The van der Waals surface area contributed by atoms with Crippen molar-refractivity contribution >= 4 is 5.97 Å². The van der Waals surface area contributed by atoms with E-state index < -0.39 is 0 Å². The summed E-state index contributed by atoms with van der Waals surface area (Å²) >= 11 is 0. The maximum absolute atomic E-state index is 10.9. The summed E-state index contributed by atoms with van der Waals surface area (Å²) in [5.41, 5.74) is 0. The van der Waals surface area contributed by atoms with Gasteiger partial charge in [-0.1, -0.05) is 13.8 Å². The predicted molar refractivity (Wildman–Crippen MR) is 40.3 cm³/mol. The fourth-order valence-corrected chi connectivity index (χ4v) is 0.953. The molecule has 0 spiro atoms. The molecule has 2 atom stereocenters. The van der Waals surface area contributed by atoms with Crippen LogP contribution in [0.25, 0.3) is 0 Å². The Bertz CT molecular complexity index is 108. The zero-order valence-corrected chi connectivity index (χ0v) is 6.89. The number of esters is 1. The molecule has 0 aromatic carbocycles.